The van der Waals surface area contributed by atoms with Gasteiger partial charge >= 0.3 is 6.03 Å². The topological polar surface area (TPSA) is 72.1 Å². The molecule has 1 aromatic heterocycles. The summed E-state index contributed by atoms with van der Waals surface area (Å²) in [5.41, 5.74) is 4.92. The van der Waals surface area contributed by atoms with Crippen LogP contribution < -0.4 is 10.0 Å². The summed E-state index contributed by atoms with van der Waals surface area (Å²) in [6.45, 7) is 0. The lowest BCUT2D eigenvalue weighted by molar-refractivity contribution is 0.257. The zero-order valence-corrected chi connectivity index (χ0v) is 8.29. The number of halogens is 1. The Labute approximate surface area is 82.7 Å². The van der Waals surface area contributed by atoms with Crippen LogP contribution in [-0.2, 0) is 0 Å². The van der Waals surface area contributed by atoms with E-state index in [9.17, 15) is 4.79 Å². The van der Waals surface area contributed by atoms with E-state index < -0.39 is 6.03 Å². The van der Waals surface area contributed by atoms with Crippen LogP contribution in [0.15, 0.2) is 16.9 Å². The summed E-state index contributed by atoms with van der Waals surface area (Å²) in [5.74, 6) is 0.147. The highest BCUT2D eigenvalue weighted by Crippen LogP contribution is 2.11. The molecular formula is C5H5BrN4OS. The number of amides is 2. The van der Waals surface area contributed by atoms with E-state index in [0.29, 0.717) is 0 Å². The van der Waals surface area contributed by atoms with Gasteiger partial charge in [0, 0.05) is 12.4 Å². The number of hydrogen-bond acceptors (Lipinski definition) is 4. The van der Waals surface area contributed by atoms with Crippen LogP contribution in [0.3, 0.4) is 0 Å². The number of rotatable bonds is 1. The third kappa shape index (κ3) is 2.08. The zero-order chi connectivity index (χ0) is 9.14. The maximum atomic E-state index is 10.6. The van der Waals surface area contributed by atoms with Gasteiger partial charge in [0.05, 0.1) is 4.47 Å². The molecule has 0 unspecified atom stereocenters. The number of urea groups is 1. The molecule has 12 heavy (non-hydrogen) atoms. The normalized spacial score (nSPS) is 9.50. The van der Waals surface area contributed by atoms with Crippen molar-refractivity contribution < 1.29 is 4.79 Å². The third-order valence-electron chi connectivity index (χ3n) is 1.00. The molecule has 0 aliphatic carbocycles. The molecule has 0 radical (unpaired) electrons. The van der Waals surface area contributed by atoms with E-state index in [1.807, 2.05) is 0 Å². The molecule has 0 atom stereocenters. The number of carbonyl (C=O) groups is 1. The van der Waals surface area contributed by atoms with Crippen molar-refractivity contribution >= 4 is 40.7 Å². The van der Waals surface area contributed by atoms with Gasteiger partial charge in [0.25, 0.3) is 0 Å². The van der Waals surface area contributed by atoms with Crippen molar-refractivity contribution in [3.8, 4) is 0 Å². The molecular weight excluding hydrogens is 244 g/mol. The molecule has 0 aromatic carbocycles. The van der Waals surface area contributed by atoms with Crippen molar-refractivity contribution in [3.63, 3.8) is 0 Å². The molecule has 2 N–H and O–H groups in total. The summed E-state index contributed by atoms with van der Waals surface area (Å²) < 4.78 is 1.57. The van der Waals surface area contributed by atoms with Crippen LogP contribution in [-0.4, -0.2) is 16.0 Å². The number of aromatic nitrogens is 2. The lowest BCUT2D eigenvalue weighted by Crippen LogP contribution is -2.28. The van der Waals surface area contributed by atoms with Crippen LogP contribution in [0.1, 0.15) is 0 Å². The smallest absolute Gasteiger partial charge is 0.331 e. The summed E-state index contributed by atoms with van der Waals surface area (Å²) in [6.07, 6.45) is 2.99. The van der Waals surface area contributed by atoms with Crippen LogP contribution in [0.2, 0.25) is 0 Å². The minimum absolute atomic E-state index is 0.147. The molecule has 64 valence electrons. The van der Waals surface area contributed by atoms with E-state index >= 15 is 0 Å². The molecule has 2 amide bonds. The number of nitrogens with zero attached hydrogens (tertiary/aromatic N) is 3. The Bertz CT molecular complexity index is 290. The monoisotopic (exact) mass is 248 g/mol. The van der Waals surface area contributed by atoms with Gasteiger partial charge < -0.3 is 5.73 Å². The Kier molecular flexibility index (Phi) is 2.88. The molecule has 1 aromatic rings. The van der Waals surface area contributed by atoms with Gasteiger partial charge in [-0.2, -0.15) is 0 Å². The van der Waals surface area contributed by atoms with Crippen LogP contribution in [0.5, 0.6) is 0 Å². The molecule has 0 saturated carbocycles. The highest BCUT2D eigenvalue weighted by molar-refractivity contribution is 9.10. The molecule has 0 saturated heterocycles. The second-order valence-electron chi connectivity index (χ2n) is 1.85. The summed E-state index contributed by atoms with van der Waals surface area (Å²) in [4.78, 5) is 18.1. The van der Waals surface area contributed by atoms with Gasteiger partial charge in [-0.15, -0.1) is 0 Å². The Morgan fingerprint density at radius 3 is 2.50 bits per heavy atom. The molecule has 5 nitrogen and oxygen atoms in total. The summed E-state index contributed by atoms with van der Waals surface area (Å²) >= 11 is 6.91. The van der Waals surface area contributed by atoms with E-state index in [0.717, 1.165) is 8.78 Å². The Morgan fingerprint density at radius 2 is 2.08 bits per heavy atom. The summed E-state index contributed by atoms with van der Waals surface area (Å²) in [6, 6.07) is -0.722. The number of nitrogens with two attached hydrogens (primary N) is 1. The van der Waals surface area contributed by atoms with Gasteiger partial charge in [0.15, 0.2) is 0 Å². The highest BCUT2D eigenvalue weighted by atomic mass is 79.9. The maximum Gasteiger partial charge on any atom is 0.331 e. The zero-order valence-electron chi connectivity index (χ0n) is 5.81. The van der Waals surface area contributed by atoms with Crippen molar-refractivity contribution in [2.24, 2.45) is 5.73 Å². The minimum Gasteiger partial charge on any atom is -0.350 e. The van der Waals surface area contributed by atoms with Crippen LogP contribution in [0.25, 0.3) is 0 Å². The molecule has 7 heteroatoms. The van der Waals surface area contributed by atoms with Crippen LogP contribution >= 0.6 is 28.7 Å². The Morgan fingerprint density at radius 1 is 1.58 bits per heavy atom. The Balaban J connectivity index is 2.89. The molecule has 0 fully saturated rings. The second-order valence-corrected chi connectivity index (χ2v) is 3.17. The quantitative estimate of drug-likeness (QED) is 0.728. The first-order valence-electron chi connectivity index (χ1n) is 2.87. The molecule has 0 bridgehead atoms. The first-order valence-corrected chi connectivity index (χ1v) is 4.06. The van der Waals surface area contributed by atoms with Crippen molar-refractivity contribution in [2.75, 3.05) is 4.31 Å². The average Bonchev–Trinajstić information content (AvgIpc) is 2.04. The predicted octanol–water partition coefficient (Wildman–Crippen LogP) is 0.969. The van der Waals surface area contributed by atoms with Crippen molar-refractivity contribution in [1.82, 2.24) is 9.97 Å². The van der Waals surface area contributed by atoms with Gasteiger partial charge in [-0.25, -0.2) is 19.1 Å². The molecule has 0 spiro atoms. The minimum atomic E-state index is -0.722. The van der Waals surface area contributed by atoms with E-state index in [1.165, 1.54) is 12.4 Å². The number of anilines is 1. The lowest BCUT2D eigenvalue weighted by Gasteiger charge is -2.08. The molecule has 0 aliphatic heterocycles. The van der Waals surface area contributed by atoms with Gasteiger partial charge in [0.1, 0.15) is 0 Å². The number of thiol groups is 1. The van der Waals surface area contributed by atoms with Crippen LogP contribution in [0.4, 0.5) is 10.7 Å². The van der Waals surface area contributed by atoms with Crippen molar-refractivity contribution in [2.45, 2.75) is 0 Å². The van der Waals surface area contributed by atoms with Gasteiger partial charge in [-0.1, -0.05) is 12.8 Å². The number of carbonyl (C=O) groups excluding carboxylic acids is 1. The first-order chi connectivity index (χ1) is 5.61. The predicted molar refractivity (Wildman–Crippen MR) is 50.8 cm³/mol. The summed E-state index contributed by atoms with van der Waals surface area (Å²) in [7, 11) is 0. The molecule has 1 rings (SSSR count). The van der Waals surface area contributed by atoms with E-state index in [4.69, 9.17) is 5.73 Å². The first kappa shape index (κ1) is 9.27. The van der Waals surface area contributed by atoms with Gasteiger partial charge in [-0.05, 0) is 15.9 Å². The van der Waals surface area contributed by atoms with Crippen LogP contribution in [0, 0.1) is 0 Å². The van der Waals surface area contributed by atoms with Gasteiger partial charge in [-0.3, -0.25) is 0 Å². The average molecular weight is 249 g/mol. The van der Waals surface area contributed by atoms with Crippen molar-refractivity contribution in [3.05, 3.63) is 16.9 Å². The lowest BCUT2D eigenvalue weighted by atomic mass is 10.7. The van der Waals surface area contributed by atoms with Gasteiger partial charge in [0.2, 0.25) is 5.95 Å². The molecule has 0 aliphatic rings. The fourth-order valence-electron chi connectivity index (χ4n) is 0.513. The summed E-state index contributed by atoms with van der Waals surface area (Å²) in [5, 5.41) is 0. The molecule has 1 heterocycles. The van der Waals surface area contributed by atoms with E-state index in [1.54, 1.807) is 0 Å². The fraction of sp³-hybridized carbons (Fsp3) is 0. The largest absolute Gasteiger partial charge is 0.350 e. The van der Waals surface area contributed by atoms with E-state index in [-0.39, 0.29) is 5.95 Å². The van der Waals surface area contributed by atoms with E-state index in [2.05, 4.69) is 38.7 Å². The van der Waals surface area contributed by atoms with Crippen molar-refractivity contribution in [1.29, 1.82) is 0 Å². The standard InChI is InChI=1S/C5H5BrN4OS/c6-3-1-8-5(9-2-3)10(12)4(7)11/h1-2,12H,(H2,7,11). The number of hydrogen-bond donors (Lipinski definition) is 2. The maximum absolute atomic E-state index is 10.6. The highest BCUT2D eigenvalue weighted by Gasteiger charge is 2.09. The SMILES string of the molecule is NC(=O)N(S)c1ncc(Br)cn1. The fourth-order valence-corrected chi connectivity index (χ4v) is 0.821. The third-order valence-corrected chi connectivity index (χ3v) is 1.79. The second kappa shape index (κ2) is 3.72. The Hall–Kier alpha value is -0.820. The number of primary amides is 1.